The number of nitrogens with zero attached hydrogens (tertiary/aromatic N) is 2. The van der Waals surface area contributed by atoms with Crippen molar-refractivity contribution in [2.24, 2.45) is 0 Å². The van der Waals surface area contributed by atoms with Crippen LogP contribution in [0.5, 0.6) is 0 Å². The Bertz CT molecular complexity index is 420. The van der Waals surface area contributed by atoms with Crippen molar-refractivity contribution in [2.75, 3.05) is 0 Å². The summed E-state index contributed by atoms with van der Waals surface area (Å²) in [7, 11) is 0. The van der Waals surface area contributed by atoms with Crippen molar-refractivity contribution in [2.45, 2.75) is 13.5 Å². The van der Waals surface area contributed by atoms with Gasteiger partial charge in [-0.2, -0.15) is 5.10 Å². The number of carboxylic acid groups (broad SMARTS) is 1. The number of hydrogen-bond donors (Lipinski definition) is 1. The molecule has 0 saturated heterocycles. The maximum atomic E-state index is 11.1. The zero-order valence-electron chi connectivity index (χ0n) is 7.67. The topological polar surface area (TPSA) is 72.2 Å². The lowest BCUT2D eigenvalue weighted by molar-refractivity contribution is -0.131. The Morgan fingerprint density at radius 2 is 2.36 bits per heavy atom. The number of aryl methyl sites for hydroxylation is 1. The monoisotopic (exact) mass is 194 g/mol. The third-order valence-corrected chi connectivity index (χ3v) is 1.58. The highest BCUT2D eigenvalue weighted by atomic mass is 16.4. The van der Waals surface area contributed by atoms with Gasteiger partial charge in [0.05, 0.1) is 5.69 Å². The predicted molar refractivity (Wildman–Crippen MR) is 50.8 cm³/mol. The van der Waals surface area contributed by atoms with Gasteiger partial charge in [-0.05, 0) is 19.1 Å². The molecule has 74 valence electrons. The fourth-order valence-corrected chi connectivity index (χ4v) is 0.937. The first-order valence-electron chi connectivity index (χ1n) is 4.12. The average Bonchev–Trinajstić information content (AvgIpc) is 2.16. The number of rotatable bonds is 3. The summed E-state index contributed by atoms with van der Waals surface area (Å²) in [5.41, 5.74) is 0.258. The van der Waals surface area contributed by atoms with Crippen molar-refractivity contribution >= 4 is 12.0 Å². The Hall–Kier alpha value is -1.91. The Kier molecular flexibility index (Phi) is 3.17. The second kappa shape index (κ2) is 4.36. The molecule has 0 aliphatic carbocycles. The van der Waals surface area contributed by atoms with Crippen LogP contribution in [0.25, 0.3) is 6.08 Å². The molecule has 0 bridgehead atoms. The molecule has 14 heavy (non-hydrogen) atoms. The van der Waals surface area contributed by atoms with Crippen LogP contribution in [0.4, 0.5) is 0 Å². The summed E-state index contributed by atoms with van der Waals surface area (Å²) >= 11 is 0. The number of aliphatic carboxylic acids is 1. The zero-order valence-corrected chi connectivity index (χ0v) is 7.67. The summed E-state index contributed by atoms with van der Waals surface area (Å²) in [4.78, 5) is 21.3. The molecule has 0 radical (unpaired) electrons. The predicted octanol–water partition coefficient (Wildman–Crippen LogP) is 0.361. The SMILES string of the molecule is CCn1nc(/C=C/C(=O)O)ccc1=O. The highest BCUT2D eigenvalue weighted by Gasteiger charge is 1.95. The molecule has 5 heteroatoms. The van der Waals surface area contributed by atoms with Crippen LogP contribution in [0.15, 0.2) is 23.0 Å². The van der Waals surface area contributed by atoms with Gasteiger partial charge in [0.2, 0.25) is 0 Å². The zero-order chi connectivity index (χ0) is 10.6. The minimum Gasteiger partial charge on any atom is -0.478 e. The Labute approximate surface area is 80.3 Å². The number of aromatic nitrogens is 2. The van der Waals surface area contributed by atoms with Crippen LogP contribution >= 0.6 is 0 Å². The molecule has 0 unspecified atom stereocenters. The molecule has 1 N–H and O–H groups in total. The van der Waals surface area contributed by atoms with Crippen molar-refractivity contribution < 1.29 is 9.90 Å². The van der Waals surface area contributed by atoms with Crippen molar-refractivity contribution in [3.63, 3.8) is 0 Å². The van der Waals surface area contributed by atoms with Gasteiger partial charge in [-0.1, -0.05) is 0 Å². The van der Waals surface area contributed by atoms with Crippen LogP contribution in [-0.2, 0) is 11.3 Å². The van der Waals surface area contributed by atoms with E-state index in [0.717, 1.165) is 6.08 Å². The normalized spacial score (nSPS) is 10.6. The molecule has 0 fully saturated rings. The molecule has 0 saturated carbocycles. The molecule has 1 rings (SSSR count). The highest BCUT2D eigenvalue weighted by Crippen LogP contribution is 1.93. The van der Waals surface area contributed by atoms with E-state index in [1.807, 2.05) is 0 Å². The van der Waals surface area contributed by atoms with E-state index in [4.69, 9.17) is 5.11 Å². The van der Waals surface area contributed by atoms with Crippen molar-refractivity contribution in [1.29, 1.82) is 0 Å². The molecule has 0 atom stereocenters. The third kappa shape index (κ3) is 2.55. The van der Waals surface area contributed by atoms with Gasteiger partial charge in [-0.15, -0.1) is 0 Å². The second-order valence-corrected chi connectivity index (χ2v) is 2.58. The summed E-state index contributed by atoms with van der Waals surface area (Å²) in [6.07, 6.45) is 2.32. The average molecular weight is 194 g/mol. The highest BCUT2D eigenvalue weighted by molar-refractivity contribution is 5.84. The lowest BCUT2D eigenvalue weighted by Crippen LogP contribution is -2.21. The summed E-state index contributed by atoms with van der Waals surface area (Å²) in [5, 5.41) is 12.3. The lowest BCUT2D eigenvalue weighted by atomic mass is 10.3. The summed E-state index contributed by atoms with van der Waals surface area (Å²) < 4.78 is 1.27. The van der Waals surface area contributed by atoms with Gasteiger partial charge < -0.3 is 5.11 Å². The van der Waals surface area contributed by atoms with E-state index >= 15 is 0 Å². The van der Waals surface area contributed by atoms with Crippen LogP contribution in [0.1, 0.15) is 12.6 Å². The van der Waals surface area contributed by atoms with Gasteiger partial charge in [-0.3, -0.25) is 4.79 Å². The van der Waals surface area contributed by atoms with Gasteiger partial charge in [0.15, 0.2) is 0 Å². The first-order chi connectivity index (χ1) is 6.63. The smallest absolute Gasteiger partial charge is 0.328 e. The van der Waals surface area contributed by atoms with Crippen LogP contribution in [-0.4, -0.2) is 20.9 Å². The molecule has 5 nitrogen and oxygen atoms in total. The standard InChI is InChI=1S/C9H10N2O3/c1-2-11-8(12)5-3-7(10-11)4-6-9(13)14/h3-6H,2H2,1H3,(H,13,14)/b6-4+. The Morgan fingerprint density at radius 3 is 2.93 bits per heavy atom. The van der Waals surface area contributed by atoms with Crippen LogP contribution in [0, 0.1) is 0 Å². The molecule has 0 amide bonds. The molecule has 0 aromatic carbocycles. The molecule has 1 heterocycles. The van der Waals surface area contributed by atoms with E-state index in [-0.39, 0.29) is 5.56 Å². The van der Waals surface area contributed by atoms with Crippen molar-refractivity contribution in [3.8, 4) is 0 Å². The van der Waals surface area contributed by atoms with Crippen LogP contribution in [0.3, 0.4) is 0 Å². The molecular formula is C9H10N2O3. The first-order valence-corrected chi connectivity index (χ1v) is 4.12. The van der Waals surface area contributed by atoms with Crippen LogP contribution in [0.2, 0.25) is 0 Å². The van der Waals surface area contributed by atoms with E-state index in [1.165, 1.54) is 22.9 Å². The van der Waals surface area contributed by atoms with E-state index < -0.39 is 5.97 Å². The van der Waals surface area contributed by atoms with E-state index in [2.05, 4.69) is 5.10 Å². The minimum atomic E-state index is -1.04. The van der Waals surface area contributed by atoms with Crippen molar-refractivity contribution in [3.05, 3.63) is 34.3 Å². The molecule has 0 aliphatic rings. The van der Waals surface area contributed by atoms with E-state index in [9.17, 15) is 9.59 Å². The summed E-state index contributed by atoms with van der Waals surface area (Å²) in [6.45, 7) is 2.26. The van der Waals surface area contributed by atoms with E-state index in [0.29, 0.717) is 12.2 Å². The molecule has 1 aromatic rings. The maximum absolute atomic E-state index is 11.1. The van der Waals surface area contributed by atoms with Crippen LogP contribution < -0.4 is 5.56 Å². The fraction of sp³-hybridized carbons (Fsp3) is 0.222. The largest absolute Gasteiger partial charge is 0.478 e. The molecular weight excluding hydrogens is 184 g/mol. The van der Waals surface area contributed by atoms with Gasteiger partial charge in [0.25, 0.3) is 5.56 Å². The summed E-state index contributed by atoms with van der Waals surface area (Å²) in [5.74, 6) is -1.04. The molecule has 0 aliphatic heterocycles. The minimum absolute atomic E-state index is 0.194. The number of hydrogen-bond acceptors (Lipinski definition) is 3. The number of carbonyl (C=O) groups is 1. The Morgan fingerprint density at radius 1 is 1.64 bits per heavy atom. The Balaban J connectivity index is 3.01. The molecule has 1 aromatic heterocycles. The van der Waals surface area contributed by atoms with Gasteiger partial charge >= 0.3 is 5.97 Å². The fourth-order valence-electron chi connectivity index (χ4n) is 0.937. The van der Waals surface area contributed by atoms with Gasteiger partial charge in [-0.25, -0.2) is 9.48 Å². The van der Waals surface area contributed by atoms with Crippen molar-refractivity contribution in [1.82, 2.24) is 9.78 Å². The maximum Gasteiger partial charge on any atom is 0.328 e. The molecule has 0 spiro atoms. The van der Waals surface area contributed by atoms with Gasteiger partial charge in [0.1, 0.15) is 0 Å². The first kappa shape index (κ1) is 10.2. The summed E-state index contributed by atoms with van der Waals surface area (Å²) in [6, 6.07) is 2.84. The third-order valence-electron chi connectivity index (χ3n) is 1.58. The quantitative estimate of drug-likeness (QED) is 0.705. The van der Waals surface area contributed by atoms with E-state index in [1.54, 1.807) is 6.92 Å². The second-order valence-electron chi connectivity index (χ2n) is 2.58. The lowest BCUT2D eigenvalue weighted by Gasteiger charge is -1.99. The van der Waals surface area contributed by atoms with Gasteiger partial charge in [0, 0.05) is 18.7 Å². The number of carboxylic acids is 1.